The number of alkyl halides is 7. The van der Waals surface area contributed by atoms with Crippen LogP contribution in [-0.4, -0.2) is 32.7 Å². The first-order valence-corrected chi connectivity index (χ1v) is 5.82. The Morgan fingerprint density at radius 2 is 1.38 bits per heavy atom. The molecule has 0 aromatic carbocycles. The molecule has 11 heteroatoms. The number of hydrogen-bond donors (Lipinski definition) is 0. The van der Waals surface area contributed by atoms with Crippen LogP contribution >= 0.6 is 10.7 Å². The van der Waals surface area contributed by atoms with Crippen LogP contribution in [0.5, 0.6) is 0 Å². The Labute approximate surface area is 89.8 Å². The van der Waals surface area contributed by atoms with Crippen LogP contribution in [0.3, 0.4) is 0 Å². The molecule has 0 fully saturated rings. The van der Waals surface area contributed by atoms with Gasteiger partial charge in [0.25, 0.3) is 15.5 Å². The average Bonchev–Trinajstić information content (AvgIpc) is 1.97. The molecule has 0 bridgehead atoms. The fourth-order valence-electron chi connectivity index (χ4n) is 0.781. The lowest BCUT2D eigenvalue weighted by Gasteiger charge is -2.23. The standard InChI is InChI=1S/C5H4ClF7O2S/c6-16(14,15)4(10)2(7)1(3(8)9)5(11,12)13/h1-4H. The van der Waals surface area contributed by atoms with Gasteiger partial charge in [0, 0.05) is 10.7 Å². The Balaban J connectivity index is 5.13. The molecule has 16 heavy (non-hydrogen) atoms. The number of hydrogen-bond acceptors (Lipinski definition) is 2. The molecule has 0 aliphatic heterocycles. The summed E-state index contributed by atoms with van der Waals surface area (Å²) in [5.41, 5.74) is -3.87. The van der Waals surface area contributed by atoms with Crippen LogP contribution in [0, 0.1) is 5.92 Å². The summed E-state index contributed by atoms with van der Waals surface area (Å²) in [5.74, 6) is -4.05. The SMILES string of the molecule is O=S(=O)(Cl)C(F)C(F)C(C(F)F)C(F)(F)F. The van der Waals surface area contributed by atoms with E-state index in [-0.39, 0.29) is 0 Å². The first kappa shape index (κ1) is 15.8. The monoisotopic (exact) mass is 296 g/mol. The molecule has 0 N–H and O–H groups in total. The van der Waals surface area contributed by atoms with Crippen molar-refractivity contribution >= 4 is 19.7 Å². The Hall–Kier alpha value is -0.250. The molecular weight excluding hydrogens is 293 g/mol. The van der Waals surface area contributed by atoms with Crippen molar-refractivity contribution in [2.75, 3.05) is 0 Å². The van der Waals surface area contributed by atoms with Crippen LogP contribution in [0.4, 0.5) is 30.7 Å². The largest absolute Gasteiger partial charge is 0.400 e. The Kier molecular flexibility index (Phi) is 4.87. The van der Waals surface area contributed by atoms with E-state index in [1.54, 1.807) is 0 Å². The smallest absolute Gasteiger partial charge is 0.242 e. The topological polar surface area (TPSA) is 34.1 Å². The average molecular weight is 297 g/mol. The highest BCUT2D eigenvalue weighted by Crippen LogP contribution is 2.38. The van der Waals surface area contributed by atoms with Crippen molar-refractivity contribution in [3.05, 3.63) is 0 Å². The highest BCUT2D eigenvalue weighted by molar-refractivity contribution is 8.14. The van der Waals surface area contributed by atoms with E-state index in [0.29, 0.717) is 0 Å². The van der Waals surface area contributed by atoms with Crippen molar-refractivity contribution in [1.29, 1.82) is 0 Å². The summed E-state index contributed by atoms with van der Waals surface area (Å²) in [6.45, 7) is 0. The van der Waals surface area contributed by atoms with Gasteiger partial charge in [0.1, 0.15) is 0 Å². The fourth-order valence-corrected chi connectivity index (χ4v) is 1.56. The second-order valence-electron chi connectivity index (χ2n) is 2.67. The van der Waals surface area contributed by atoms with Gasteiger partial charge in [-0.1, -0.05) is 0 Å². The molecule has 0 heterocycles. The van der Waals surface area contributed by atoms with E-state index in [1.807, 2.05) is 0 Å². The second-order valence-corrected chi connectivity index (χ2v) is 5.36. The molecule has 0 aliphatic carbocycles. The maximum absolute atomic E-state index is 12.7. The highest BCUT2D eigenvalue weighted by atomic mass is 35.7. The minimum absolute atomic E-state index is 3.87. The molecule has 98 valence electrons. The molecule has 0 aromatic heterocycles. The first-order valence-electron chi connectivity index (χ1n) is 3.45. The summed E-state index contributed by atoms with van der Waals surface area (Å²) in [7, 11) is -1.12. The minimum atomic E-state index is -5.78. The van der Waals surface area contributed by atoms with Crippen LogP contribution in [0.2, 0.25) is 0 Å². The molecule has 0 rings (SSSR count). The zero-order valence-electron chi connectivity index (χ0n) is 7.06. The summed E-state index contributed by atoms with van der Waals surface area (Å²) in [4.78, 5) is 0. The molecular formula is C5H4ClF7O2S. The van der Waals surface area contributed by atoms with Crippen molar-refractivity contribution in [3.8, 4) is 0 Å². The van der Waals surface area contributed by atoms with Gasteiger partial charge in [-0.25, -0.2) is 26.0 Å². The van der Waals surface area contributed by atoms with Gasteiger partial charge in [-0.05, 0) is 0 Å². The molecule has 3 unspecified atom stereocenters. The van der Waals surface area contributed by atoms with Gasteiger partial charge in [0.15, 0.2) is 12.1 Å². The summed E-state index contributed by atoms with van der Waals surface area (Å²) >= 11 is 0. The lowest BCUT2D eigenvalue weighted by Crippen LogP contribution is -2.43. The van der Waals surface area contributed by atoms with Gasteiger partial charge in [0.2, 0.25) is 5.50 Å². The summed E-state index contributed by atoms with van der Waals surface area (Å²) in [6.07, 6.45) is -14.1. The van der Waals surface area contributed by atoms with E-state index in [0.717, 1.165) is 0 Å². The maximum atomic E-state index is 12.7. The van der Waals surface area contributed by atoms with Crippen molar-refractivity contribution < 1.29 is 39.2 Å². The molecule has 0 saturated carbocycles. The third kappa shape index (κ3) is 3.96. The van der Waals surface area contributed by atoms with E-state index >= 15 is 0 Å². The molecule has 0 amide bonds. The second kappa shape index (κ2) is 4.94. The molecule has 0 spiro atoms. The van der Waals surface area contributed by atoms with Gasteiger partial charge < -0.3 is 0 Å². The van der Waals surface area contributed by atoms with Crippen molar-refractivity contribution in [2.45, 2.75) is 24.3 Å². The fraction of sp³-hybridized carbons (Fsp3) is 1.00. The van der Waals surface area contributed by atoms with Crippen molar-refractivity contribution in [3.63, 3.8) is 0 Å². The summed E-state index contributed by atoms with van der Waals surface area (Å²) < 4.78 is 105. The minimum Gasteiger partial charge on any atom is -0.242 e. The van der Waals surface area contributed by atoms with Gasteiger partial charge in [-0.15, -0.1) is 0 Å². The predicted molar refractivity (Wildman–Crippen MR) is 40.1 cm³/mol. The first-order chi connectivity index (χ1) is 6.89. The Bertz CT molecular complexity index is 326. The van der Waals surface area contributed by atoms with Crippen molar-refractivity contribution in [1.82, 2.24) is 0 Å². The molecule has 0 aromatic rings. The van der Waals surface area contributed by atoms with E-state index < -0.39 is 39.2 Å². The van der Waals surface area contributed by atoms with E-state index in [4.69, 9.17) is 0 Å². The molecule has 0 aliphatic rings. The van der Waals surface area contributed by atoms with Gasteiger partial charge in [-0.2, -0.15) is 13.2 Å². The van der Waals surface area contributed by atoms with Crippen LogP contribution in [0.15, 0.2) is 0 Å². The Morgan fingerprint density at radius 1 is 1.00 bits per heavy atom. The third-order valence-corrected chi connectivity index (χ3v) is 2.82. The van der Waals surface area contributed by atoms with Gasteiger partial charge in [0.05, 0.1) is 0 Å². The van der Waals surface area contributed by atoms with Crippen LogP contribution in [0.25, 0.3) is 0 Å². The van der Waals surface area contributed by atoms with E-state index in [9.17, 15) is 39.2 Å². The zero-order valence-corrected chi connectivity index (χ0v) is 8.63. The molecule has 0 radical (unpaired) electrons. The number of halogens is 8. The molecule has 0 saturated heterocycles. The molecule has 3 atom stereocenters. The normalized spacial score (nSPS) is 19.6. The predicted octanol–water partition coefficient (Wildman–Crippen LogP) is 2.63. The van der Waals surface area contributed by atoms with Crippen LogP contribution in [-0.2, 0) is 9.05 Å². The van der Waals surface area contributed by atoms with Crippen molar-refractivity contribution in [2.24, 2.45) is 5.92 Å². The summed E-state index contributed by atoms with van der Waals surface area (Å²) in [6, 6.07) is 0. The molecule has 2 nitrogen and oxygen atoms in total. The Morgan fingerprint density at radius 3 is 1.56 bits per heavy atom. The van der Waals surface area contributed by atoms with E-state index in [1.165, 1.54) is 0 Å². The number of rotatable bonds is 4. The summed E-state index contributed by atoms with van der Waals surface area (Å²) in [5, 5.41) is 0. The lowest BCUT2D eigenvalue weighted by atomic mass is 10.1. The highest BCUT2D eigenvalue weighted by Gasteiger charge is 2.56. The lowest BCUT2D eigenvalue weighted by molar-refractivity contribution is -0.226. The van der Waals surface area contributed by atoms with Crippen LogP contribution < -0.4 is 0 Å². The van der Waals surface area contributed by atoms with Crippen LogP contribution in [0.1, 0.15) is 0 Å². The third-order valence-electron chi connectivity index (χ3n) is 1.51. The van der Waals surface area contributed by atoms with Gasteiger partial charge >= 0.3 is 6.18 Å². The quantitative estimate of drug-likeness (QED) is 0.590. The van der Waals surface area contributed by atoms with Gasteiger partial charge in [-0.3, -0.25) is 0 Å². The zero-order chi connectivity index (χ0) is 13.3. The van der Waals surface area contributed by atoms with E-state index in [2.05, 4.69) is 10.7 Å². The maximum Gasteiger partial charge on any atom is 0.400 e.